The Morgan fingerprint density at radius 2 is 2.27 bits per heavy atom. The van der Waals surface area contributed by atoms with Gasteiger partial charge in [-0.25, -0.2) is 8.42 Å². The lowest BCUT2D eigenvalue weighted by molar-refractivity contribution is 0.460. The fourth-order valence-corrected chi connectivity index (χ4v) is 3.95. The van der Waals surface area contributed by atoms with Crippen LogP contribution in [0.15, 0.2) is 23.1 Å². The normalized spacial score (nSPS) is 22.6. The van der Waals surface area contributed by atoms with Gasteiger partial charge in [-0.2, -0.15) is 0 Å². The van der Waals surface area contributed by atoms with Crippen LogP contribution in [0, 0.1) is 0 Å². The molecule has 5 heteroatoms. The quantitative estimate of drug-likeness (QED) is 0.771. The van der Waals surface area contributed by atoms with Gasteiger partial charge in [0.25, 0.3) is 0 Å². The van der Waals surface area contributed by atoms with Crippen molar-refractivity contribution in [2.75, 3.05) is 19.3 Å². The number of phenols is 1. The number of nitrogens with one attached hydrogen (secondary N) is 1. The molecule has 0 spiro atoms. The lowest BCUT2D eigenvalue weighted by Crippen LogP contribution is -2.18. The first-order valence-electron chi connectivity index (χ1n) is 4.75. The van der Waals surface area contributed by atoms with Gasteiger partial charge in [0.05, 0.1) is 10.6 Å². The predicted molar refractivity (Wildman–Crippen MR) is 56.8 cm³/mol. The molecule has 2 rings (SSSR count). The molecule has 0 radical (unpaired) electrons. The van der Waals surface area contributed by atoms with Crippen LogP contribution in [0.3, 0.4) is 0 Å². The maximum atomic E-state index is 11.8. The molecule has 1 atom stereocenters. The van der Waals surface area contributed by atoms with Crippen molar-refractivity contribution in [2.24, 2.45) is 0 Å². The molecule has 0 fully saturated rings. The fourth-order valence-electron chi connectivity index (χ4n) is 2.06. The molecule has 1 heterocycles. The van der Waals surface area contributed by atoms with E-state index < -0.39 is 9.84 Å². The van der Waals surface area contributed by atoms with Crippen LogP contribution in [0.25, 0.3) is 0 Å². The number of fused-ring (bicyclic) bond motifs is 1. The van der Waals surface area contributed by atoms with Crippen molar-refractivity contribution in [1.82, 2.24) is 5.32 Å². The SMILES string of the molecule is CNCC1CS(=O)(=O)c2cccc(O)c21. The monoisotopic (exact) mass is 227 g/mol. The van der Waals surface area contributed by atoms with Crippen LogP contribution < -0.4 is 5.32 Å². The Bertz CT molecular complexity index is 481. The van der Waals surface area contributed by atoms with Crippen LogP contribution in [0.2, 0.25) is 0 Å². The van der Waals surface area contributed by atoms with E-state index in [1.54, 1.807) is 19.2 Å². The molecule has 0 aromatic heterocycles. The van der Waals surface area contributed by atoms with Gasteiger partial charge in [-0.1, -0.05) is 6.07 Å². The van der Waals surface area contributed by atoms with Crippen LogP contribution in [0.4, 0.5) is 0 Å². The molecule has 1 aliphatic heterocycles. The first-order valence-corrected chi connectivity index (χ1v) is 6.40. The number of phenolic OH excluding ortho intramolecular Hbond substituents is 1. The van der Waals surface area contributed by atoms with Crippen LogP contribution in [0.1, 0.15) is 11.5 Å². The van der Waals surface area contributed by atoms with Crippen LogP contribution in [0.5, 0.6) is 5.75 Å². The van der Waals surface area contributed by atoms with Gasteiger partial charge in [0.1, 0.15) is 5.75 Å². The third kappa shape index (κ3) is 1.61. The third-order valence-corrected chi connectivity index (χ3v) is 4.52. The summed E-state index contributed by atoms with van der Waals surface area (Å²) < 4.78 is 23.5. The van der Waals surface area contributed by atoms with E-state index in [0.29, 0.717) is 12.1 Å². The van der Waals surface area contributed by atoms with E-state index in [-0.39, 0.29) is 22.3 Å². The summed E-state index contributed by atoms with van der Waals surface area (Å²) in [4.78, 5) is 0.280. The molecule has 2 N–H and O–H groups in total. The molecule has 4 nitrogen and oxygen atoms in total. The lowest BCUT2D eigenvalue weighted by Gasteiger charge is -2.09. The molecule has 0 aliphatic carbocycles. The van der Waals surface area contributed by atoms with Gasteiger partial charge in [-0.05, 0) is 19.2 Å². The average molecular weight is 227 g/mol. The summed E-state index contributed by atoms with van der Waals surface area (Å²) >= 11 is 0. The minimum Gasteiger partial charge on any atom is -0.508 e. The van der Waals surface area contributed by atoms with Crippen molar-refractivity contribution in [3.05, 3.63) is 23.8 Å². The van der Waals surface area contributed by atoms with Crippen LogP contribution >= 0.6 is 0 Å². The highest BCUT2D eigenvalue weighted by molar-refractivity contribution is 7.91. The summed E-state index contributed by atoms with van der Waals surface area (Å²) in [6.07, 6.45) is 0. The fraction of sp³-hybridized carbons (Fsp3) is 0.400. The summed E-state index contributed by atoms with van der Waals surface area (Å²) in [6.45, 7) is 0.559. The maximum Gasteiger partial charge on any atom is 0.179 e. The molecule has 0 bridgehead atoms. The zero-order chi connectivity index (χ0) is 11.1. The van der Waals surface area contributed by atoms with Crippen LogP contribution in [-0.2, 0) is 9.84 Å². The largest absolute Gasteiger partial charge is 0.508 e. The molecule has 0 amide bonds. The average Bonchev–Trinajstić information content (AvgIpc) is 2.41. The summed E-state index contributed by atoms with van der Waals surface area (Å²) in [5.41, 5.74) is 0.562. The number of sulfone groups is 1. The van der Waals surface area contributed by atoms with E-state index in [4.69, 9.17) is 0 Å². The second-order valence-electron chi connectivity index (χ2n) is 3.72. The Labute approximate surface area is 88.9 Å². The van der Waals surface area contributed by atoms with Crippen molar-refractivity contribution in [3.63, 3.8) is 0 Å². The highest BCUT2D eigenvalue weighted by atomic mass is 32.2. The standard InChI is InChI=1S/C10H13NO3S/c1-11-5-7-6-15(13,14)9-4-2-3-8(12)10(7)9/h2-4,7,11-12H,5-6H2,1H3. The smallest absolute Gasteiger partial charge is 0.179 e. The maximum absolute atomic E-state index is 11.8. The van der Waals surface area contributed by atoms with E-state index in [9.17, 15) is 13.5 Å². The Kier molecular flexibility index (Phi) is 2.44. The first-order chi connectivity index (χ1) is 7.06. The number of likely N-dealkylation sites (N-methyl/N-ethyl adjacent to an activating group) is 1. The Morgan fingerprint density at radius 1 is 1.53 bits per heavy atom. The molecule has 15 heavy (non-hydrogen) atoms. The highest BCUT2D eigenvalue weighted by Crippen LogP contribution is 2.39. The molecule has 82 valence electrons. The van der Waals surface area contributed by atoms with Crippen molar-refractivity contribution in [2.45, 2.75) is 10.8 Å². The van der Waals surface area contributed by atoms with Gasteiger partial charge < -0.3 is 10.4 Å². The van der Waals surface area contributed by atoms with E-state index >= 15 is 0 Å². The number of rotatable bonds is 2. The first kappa shape index (κ1) is 10.4. The van der Waals surface area contributed by atoms with Gasteiger partial charge in [-0.3, -0.25) is 0 Å². The summed E-state index contributed by atoms with van der Waals surface area (Å²) in [7, 11) is -1.43. The van der Waals surface area contributed by atoms with E-state index in [0.717, 1.165) is 0 Å². The minimum atomic E-state index is -3.20. The van der Waals surface area contributed by atoms with Crippen molar-refractivity contribution >= 4 is 9.84 Å². The third-order valence-electron chi connectivity index (χ3n) is 2.66. The second kappa shape index (κ2) is 3.50. The molecule has 1 aliphatic rings. The molecular formula is C10H13NO3S. The number of benzene rings is 1. The van der Waals surface area contributed by atoms with Gasteiger partial charge in [0, 0.05) is 18.0 Å². The Morgan fingerprint density at radius 3 is 2.93 bits per heavy atom. The van der Waals surface area contributed by atoms with Gasteiger partial charge >= 0.3 is 0 Å². The van der Waals surface area contributed by atoms with Gasteiger partial charge in [0.15, 0.2) is 9.84 Å². The molecule has 1 aromatic rings. The molecule has 0 saturated heterocycles. The Balaban J connectivity index is 2.59. The molecule has 0 saturated carbocycles. The summed E-state index contributed by atoms with van der Waals surface area (Å²) in [5, 5.41) is 12.6. The minimum absolute atomic E-state index is 0.0776. The number of hydrogen-bond donors (Lipinski definition) is 2. The van der Waals surface area contributed by atoms with Crippen molar-refractivity contribution in [1.29, 1.82) is 0 Å². The molecule has 1 unspecified atom stereocenters. The van der Waals surface area contributed by atoms with E-state index in [1.165, 1.54) is 6.07 Å². The van der Waals surface area contributed by atoms with E-state index in [2.05, 4.69) is 5.32 Å². The zero-order valence-electron chi connectivity index (χ0n) is 8.40. The number of aromatic hydroxyl groups is 1. The summed E-state index contributed by atoms with van der Waals surface area (Å²) in [6, 6.07) is 4.65. The van der Waals surface area contributed by atoms with Crippen molar-refractivity contribution < 1.29 is 13.5 Å². The Hall–Kier alpha value is -1.07. The predicted octanol–water partition coefficient (Wildman–Crippen LogP) is 0.482. The topological polar surface area (TPSA) is 66.4 Å². The summed E-state index contributed by atoms with van der Waals surface area (Å²) in [5.74, 6) is 0.0193. The molecule has 1 aromatic carbocycles. The van der Waals surface area contributed by atoms with E-state index in [1.807, 2.05) is 0 Å². The van der Waals surface area contributed by atoms with Gasteiger partial charge in [0.2, 0.25) is 0 Å². The molecular weight excluding hydrogens is 214 g/mol. The highest BCUT2D eigenvalue weighted by Gasteiger charge is 2.36. The zero-order valence-corrected chi connectivity index (χ0v) is 9.21. The van der Waals surface area contributed by atoms with Crippen molar-refractivity contribution in [3.8, 4) is 5.75 Å². The number of hydrogen-bond acceptors (Lipinski definition) is 4. The van der Waals surface area contributed by atoms with Crippen LogP contribution in [-0.4, -0.2) is 32.9 Å². The second-order valence-corrected chi connectivity index (χ2v) is 5.73. The van der Waals surface area contributed by atoms with Gasteiger partial charge in [-0.15, -0.1) is 0 Å². The lowest BCUT2D eigenvalue weighted by atomic mass is 10.0.